The van der Waals surface area contributed by atoms with Crippen LogP contribution in [0.4, 0.5) is 10.5 Å². The van der Waals surface area contributed by atoms with Crippen molar-refractivity contribution in [1.82, 2.24) is 5.32 Å². The molecule has 2 N–H and O–H groups in total. The second-order valence-corrected chi connectivity index (χ2v) is 5.05. The molecule has 2 aromatic rings. The molecule has 3 rings (SSSR count). The minimum atomic E-state index is -0.413. The molecule has 6 heteroatoms. The highest BCUT2D eigenvalue weighted by molar-refractivity contribution is 6.06. The fourth-order valence-corrected chi connectivity index (χ4v) is 2.39. The van der Waals surface area contributed by atoms with Gasteiger partial charge in [-0.25, -0.2) is 4.79 Å². The number of alkyl carbamates (subject to hydrolysis) is 1. The molecule has 1 aliphatic heterocycles. The van der Waals surface area contributed by atoms with Crippen LogP contribution in [0.15, 0.2) is 48.5 Å². The summed E-state index contributed by atoms with van der Waals surface area (Å²) in [6.07, 6.45) is -0.704. The summed E-state index contributed by atoms with van der Waals surface area (Å²) in [7, 11) is 1.53. The van der Waals surface area contributed by atoms with E-state index in [-0.39, 0.29) is 12.0 Å². The molecule has 6 nitrogen and oxygen atoms in total. The van der Waals surface area contributed by atoms with Crippen LogP contribution in [-0.4, -0.2) is 25.7 Å². The highest BCUT2D eigenvalue weighted by Gasteiger charge is 2.23. The number of methoxy groups -OCH3 is 1. The van der Waals surface area contributed by atoms with Gasteiger partial charge in [0.25, 0.3) is 5.91 Å². The number of ether oxygens (including phenoxy) is 2. The van der Waals surface area contributed by atoms with Gasteiger partial charge in [-0.2, -0.15) is 0 Å². The molecule has 0 spiro atoms. The zero-order valence-corrected chi connectivity index (χ0v) is 12.5. The Hall–Kier alpha value is -3.02. The first kappa shape index (κ1) is 14.9. The number of anilines is 1. The Bertz CT molecular complexity index is 728. The van der Waals surface area contributed by atoms with Crippen molar-refractivity contribution in [3.8, 4) is 5.75 Å². The topological polar surface area (TPSA) is 76.7 Å². The van der Waals surface area contributed by atoms with E-state index in [1.807, 2.05) is 12.1 Å². The van der Waals surface area contributed by atoms with E-state index in [0.717, 1.165) is 5.56 Å². The molecule has 1 atom stereocenters. The van der Waals surface area contributed by atoms with Gasteiger partial charge in [-0.15, -0.1) is 0 Å². The summed E-state index contributed by atoms with van der Waals surface area (Å²) in [5.74, 6) is 0.273. The number of cyclic esters (lactones) is 1. The van der Waals surface area contributed by atoms with Crippen LogP contribution >= 0.6 is 0 Å². The van der Waals surface area contributed by atoms with Crippen molar-refractivity contribution < 1.29 is 19.1 Å². The van der Waals surface area contributed by atoms with Gasteiger partial charge in [-0.05, 0) is 29.8 Å². The summed E-state index contributed by atoms with van der Waals surface area (Å²) in [4.78, 5) is 23.4. The summed E-state index contributed by atoms with van der Waals surface area (Å²) in [5.41, 5.74) is 1.99. The molecule has 2 amide bonds. The lowest BCUT2D eigenvalue weighted by Crippen LogP contribution is -2.13. The number of carbonyl (C=O) groups is 2. The first-order valence-corrected chi connectivity index (χ1v) is 7.16. The fourth-order valence-electron chi connectivity index (χ4n) is 2.39. The average Bonchev–Trinajstić information content (AvgIpc) is 3.02. The van der Waals surface area contributed by atoms with Crippen LogP contribution in [-0.2, 0) is 4.74 Å². The number of para-hydroxylation sites is 1. The molecule has 0 saturated carbocycles. The Balaban J connectivity index is 1.70. The van der Waals surface area contributed by atoms with Gasteiger partial charge in [0.15, 0.2) is 0 Å². The maximum absolute atomic E-state index is 12.3. The molecule has 1 unspecified atom stereocenters. The molecule has 0 aliphatic carbocycles. The molecule has 1 fully saturated rings. The number of rotatable bonds is 4. The molecular formula is C17H16N2O4. The van der Waals surface area contributed by atoms with Gasteiger partial charge >= 0.3 is 6.09 Å². The SMILES string of the molecule is COc1ccccc1C(=O)Nc1ccc(C2CNC(=O)O2)cc1. The second kappa shape index (κ2) is 6.39. The van der Waals surface area contributed by atoms with Gasteiger partial charge in [-0.1, -0.05) is 24.3 Å². The third kappa shape index (κ3) is 3.26. The first-order valence-electron chi connectivity index (χ1n) is 7.16. The number of hydrogen-bond acceptors (Lipinski definition) is 4. The largest absolute Gasteiger partial charge is 0.496 e. The highest BCUT2D eigenvalue weighted by Crippen LogP contribution is 2.23. The van der Waals surface area contributed by atoms with E-state index < -0.39 is 6.09 Å². The van der Waals surface area contributed by atoms with Gasteiger partial charge in [0.1, 0.15) is 11.9 Å². The van der Waals surface area contributed by atoms with E-state index in [2.05, 4.69) is 10.6 Å². The van der Waals surface area contributed by atoms with Crippen molar-refractivity contribution in [2.45, 2.75) is 6.10 Å². The Labute approximate surface area is 133 Å². The van der Waals surface area contributed by atoms with E-state index in [1.165, 1.54) is 7.11 Å². The van der Waals surface area contributed by atoms with Crippen LogP contribution in [0.1, 0.15) is 22.0 Å². The maximum Gasteiger partial charge on any atom is 0.407 e. The quantitative estimate of drug-likeness (QED) is 0.910. The summed E-state index contributed by atoms with van der Waals surface area (Å²) < 4.78 is 10.3. The van der Waals surface area contributed by atoms with Gasteiger partial charge in [0.2, 0.25) is 0 Å². The summed E-state index contributed by atoms with van der Waals surface area (Å²) in [6.45, 7) is 0.450. The van der Waals surface area contributed by atoms with Crippen molar-refractivity contribution in [2.24, 2.45) is 0 Å². The Morgan fingerprint density at radius 2 is 1.96 bits per heavy atom. The van der Waals surface area contributed by atoms with Crippen LogP contribution < -0.4 is 15.4 Å². The zero-order valence-electron chi connectivity index (χ0n) is 12.5. The van der Waals surface area contributed by atoms with Gasteiger partial charge in [0.05, 0.1) is 19.2 Å². The molecule has 23 heavy (non-hydrogen) atoms. The average molecular weight is 312 g/mol. The molecule has 1 aliphatic rings. The molecule has 0 aromatic heterocycles. The third-order valence-electron chi connectivity index (χ3n) is 3.57. The normalized spacial score (nSPS) is 16.4. The first-order chi connectivity index (χ1) is 11.2. The number of hydrogen-bond donors (Lipinski definition) is 2. The van der Waals surface area contributed by atoms with Crippen LogP contribution in [0.3, 0.4) is 0 Å². The highest BCUT2D eigenvalue weighted by atomic mass is 16.6. The number of benzene rings is 2. The second-order valence-electron chi connectivity index (χ2n) is 5.05. The lowest BCUT2D eigenvalue weighted by atomic mass is 10.1. The molecule has 1 heterocycles. The van der Waals surface area contributed by atoms with Crippen molar-refractivity contribution in [2.75, 3.05) is 19.0 Å². The van der Waals surface area contributed by atoms with Crippen LogP contribution in [0.25, 0.3) is 0 Å². The van der Waals surface area contributed by atoms with E-state index in [0.29, 0.717) is 23.5 Å². The third-order valence-corrected chi connectivity index (χ3v) is 3.57. The number of nitrogens with one attached hydrogen (secondary N) is 2. The van der Waals surface area contributed by atoms with Crippen molar-refractivity contribution in [3.63, 3.8) is 0 Å². The minimum Gasteiger partial charge on any atom is -0.496 e. The maximum atomic E-state index is 12.3. The lowest BCUT2D eigenvalue weighted by Gasteiger charge is -2.11. The smallest absolute Gasteiger partial charge is 0.407 e. The summed E-state index contributed by atoms with van der Waals surface area (Å²) in [6, 6.07) is 14.2. The Morgan fingerprint density at radius 3 is 2.61 bits per heavy atom. The number of carbonyl (C=O) groups excluding carboxylic acids is 2. The van der Waals surface area contributed by atoms with E-state index >= 15 is 0 Å². The summed E-state index contributed by atoms with van der Waals surface area (Å²) in [5, 5.41) is 5.42. The Kier molecular flexibility index (Phi) is 4.14. The van der Waals surface area contributed by atoms with E-state index in [4.69, 9.17) is 9.47 Å². The Morgan fingerprint density at radius 1 is 1.22 bits per heavy atom. The zero-order chi connectivity index (χ0) is 16.2. The fraction of sp³-hybridized carbons (Fsp3) is 0.176. The summed E-state index contributed by atoms with van der Waals surface area (Å²) >= 11 is 0. The van der Waals surface area contributed by atoms with Crippen LogP contribution in [0.5, 0.6) is 5.75 Å². The lowest BCUT2D eigenvalue weighted by molar-refractivity contribution is 0.102. The standard InChI is InChI=1S/C17H16N2O4/c1-22-14-5-3-2-4-13(14)16(20)19-12-8-6-11(7-9-12)15-10-18-17(21)23-15/h2-9,15H,10H2,1H3,(H,18,21)(H,19,20). The molecular weight excluding hydrogens is 296 g/mol. The molecule has 0 bridgehead atoms. The van der Waals surface area contributed by atoms with Crippen LogP contribution in [0, 0.1) is 0 Å². The predicted octanol–water partition coefficient (Wildman–Crippen LogP) is 2.73. The van der Waals surface area contributed by atoms with Gasteiger partial charge in [0, 0.05) is 5.69 Å². The van der Waals surface area contributed by atoms with Crippen molar-refractivity contribution >= 4 is 17.7 Å². The monoisotopic (exact) mass is 312 g/mol. The molecule has 1 saturated heterocycles. The van der Waals surface area contributed by atoms with Crippen LogP contribution in [0.2, 0.25) is 0 Å². The molecule has 0 radical (unpaired) electrons. The predicted molar refractivity (Wildman–Crippen MR) is 84.6 cm³/mol. The molecule has 2 aromatic carbocycles. The number of amides is 2. The van der Waals surface area contributed by atoms with Gasteiger partial charge < -0.3 is 20.1 Å². The van der Waals surface area contributed by atoms with Crippen molar-refractivity contribution in [3.05, 3.63) is 59.7 Å². The van der Waals surface area contributed by atoms with Gasteiger partial charge in [-0.3, -0.25) is 4.79 Å². The molecule has 118 valence electrons. The van der Waals surface area contributed by atoms with Crippen molar-refractivity contribution in [1.29, 1.82) is 0 Å². The van der Waals surface area contributed by atoms with E-state index in [9.17, 15) is 9.59 Å². The minimum absolute atomic E-state index is 0.246. The van der Waals surface area contributed by atoms with E-state index in [1.54, 1.807) is 36.4 Å².